The van der Waals surface area contributed by atoms with Gasteiger partial charge in [0.25, 0.3) is 0 Å². The summed E-state index contributed by atoms with van der Waals surface area (Å²) in [5.41, 5.74) is 14.9. The van der Waals surface area contributed by atoms with Crippen molar-refractivity contribution in [1.29, 1.82) is 0 Å². The SMILES string of the molecule is CC(C)N=C(N)c1ccc(-c2cc3cc(C(N)=NC(C)C)cc(O)c3o2)cc1.Cl.Cl. The molecule has 0 saturated carbocycles. The standard InChI is InChI=1S/C22H26N4O2.2ClH/c1-12(2)25-21(23)15-7-5-14(6-8-15)19-11-16-9-17(22(24)26-13(3)4)10-18(27)20(16)28-19;;/h5-13,27H,1-4H3,(H2,23,25)(H2,24,26);2*1H. The second kappa shape index (κ2) is 10.4. The van der Waals surface area contributed by atoms with Gasteiger partial charge in [-0.25, -0.2) is 0 Å². The smallest absolute Gasteiger partial charge is 0.176 e. The van der Waals surface area contributed by atoms with Gasteiger partial charge in [-0.15, -0.1) is 24.8 Å². The fourth-order valence-electron chi connectivity index (χ4n) is 2.94. The molecule has 0 fully saturated rings. The van der Waals surface area contributed by atoms with Crippen LogP contribution >= 0.6 is 24.8 Å². The van der Waals surface area contributed by atoms with Crippen LogP contribution in [-0.2, 0) is 0 Å². The number of halogens is 2. The Kier molecular flexibility index (Phi) is 8.75. The summed E-state index contributed by atoms with van der Waals surface area (Å²) in [5.74, 6) is 1.57. The Bertz CT molecular complexity index is 1050. The zero-order valence-corrected chi connectivity index (χ0v) is 19.1. The lowest BCUT2D eigenvalue weighted by Crippen LogP contribution is -2.15. The molecule has 0 aliphatic rings. The largest absolute Gasteiger partial charge is 0.504 e. The van der Waals surface area contributed by atoms with Crippen LogP contribution < -0.4 is 11.5 Å². The number of furan rings is 1. The van der Waals surface area contributed by atoms with Crippen molar-refractivity contribution in [3.8, 4) is 17.1 Å². The number of benzene rings is 2. The molecule has 162 valence electrons. The van der Waals surface area contributed by atoms with Gasteiger partial charge in [0, 0.05) is 34.2 Å². The van der Waals surface area contributed by atoms with Gasteiger partial charge in [0.15, 0.2) is 11.3 Å². The molecule has 0 aliphatic heterocycles. The summed E-state index contributed by atoms with van der Waals surface area (Å²) in [6.45, 7) is 7.86. The Hall–Kier alpha value is -2.70. The van der Waals surface area contributed by atoms with Crippen molar-refractivity contribution in [3.05, 3.63) is 53.6 Å². The number of hydrogen-bond acceptors (Lipinski definition) is 4. The molecule has 1 aromatic heterocycles. The van der Waals surface area contributed by atoms with Gasteiger partial charge in [-0.3, -0.25) is 9.98 Å². The van der Waals surface area contributed by atoms with Gasteiger partial charge in [-0.05, 0) is 45.9 Å². The molecule has 0 radical (unpaired) electrons. The molecule has 0 atom stereocenters. The molecule has 3 aromatic rings. The predicted molar refractivity (Wildman–Crippen MR) is 130 cm³/mol. The molecule has 0 aliphatic carbocycles. The van der Waals surface area contributed by atoms with Crippen LogP contribution in [-0.4, -0.2) is 28.9 Å². The summed E-state index contributed by atoms with van der Waals surface area (Å²) < 4.78 is 5.87. The highest BCUT2D eigenvalue weighted by atomic mass is 35.5. The first-order chi connectivity index (χ1) is 13.2. The lowest BCUT2D eigenvalue weighted by molar-refractivity contribution is 0.466. The molecule has 0 spiro atoms. The molecule has 1 heterocycles. The van der Waals surface area contributed by atoms with Crippen LogP contribution in [0.3, 0.4) is 0 Å². The summed E-state index contributed by atoms with van der Waals surface area (Å²) in [6, 6.07) is 13.2. The number of hydrogen-bond donors (Lipinski definition) is 3. The van der Waals surface area contributed by atoms with Gasteiger partial charge in [0.05, 0.1) is 0 Å². The third kappa shape index (κ3) is 5.68. The van der Waals surface area contributed by atoms with Crippen LogP contribution in [0.1, 0.15) is 38.8 Å². The average Bonchev–Trinajstić information content (AvgIpc) is 3.05. The van der Waals surface area contributed by atoms with Crippen LogP contribution in [0.25, 0.3) is 22.3 Å². The number of aromatic hydroxyl groups is 1. The molecule has 3 rings (SSSR count). The van der Waals surface area contributed by atoms with Crippen molar-refractivity contribution in [3.63, 3.8) is 0 Å². The van der Waals surface area contributed by atoms with E-state index in [9.17, 15) is 5.11 Å². The maximum atomic E-state index is 10.4. The molecule has 0 unspecified atom stereocenters. The van der Waals surface area contributed by atoms with E-state index in [0.717, 1.165) is 16.5 Å². The van der Waals surface area contributed by atoms with Gasteiger partial charge >= 0.3 is 0 Å². The van der Waals surface area contributed by atoms with E-state index in [0.29, 0.717) is 28.6 Å². The first kappa shape index (κ1) is 25.3. The van der Waals surface area contributed by atoms with Gasteiger partial charge in [0.1, 0.15) is 17.4 Å². The molecular formula is C22H28Cl2N4O2. The van der Waals surface area contributed by atoms with E-state index in [-0.39, 0.29) is 42.6 Å². The van der Waals surface area contributed by atoms with Crippen LogP contribution in [0.5, 0.6) is 5.75 Å². The molecule has 30 heavy (non-hydrogen) atoms. The van der Waals surface area contributed by atoms with Gasteiger partial charge in [-0.1, -0.05) is 24.3 Å². The van der Waals surface area contributed by atoms with Crippen molar-refractivity contribution in [2.24, 2.45) is 21.5 Å². The monoisotopic (exact) mass is 450 g/mol. The minimum Gasteiger partial charge on any atom is -0.504 e. The van der Waals surface area contributed by atoms with Crippen molar-refractivity contribution < 1.29 is 9.52 Å². The Labute approximate surface area is 188 Å². The van der Waals surface area contributed by atoms with E-state index >= 15 is 0 Å². The molecule has 0 amide bonds. The summed E-state index contributed by atoms with van der Waals surface area (Å²) in [7, 11) is 0. The number of rotatable bonds is 5. The number of phenols is 1. The zero-order chi connectivity index (χ0) is 20.4. The van der Waals surface area contributed by atoms with Crippen molar-refractivity contribution in [1.82, 2.24) is 0 Å². The molecule has 0 bridgehead atoms. The van der Waals surface area contributed by atoms with Crippen molar-refractivity contribution >= 4 is 47.5 Å². The van der Waals surface area contributed by atoms with Gasteiger partial charge in [-0.2, -0.15) is 0 Å². The number of aliphatic imine (C=N–C) groups is 2. The van der Waals surface area contributed by atoms with E-state index in [1.165, 1.54) is 0 Å². The van der Waals surface area contributed by atoms with E-state index in [1.54, 1.807) is 6.07 Å². The van der Waals surface area contributed by atoms with Gasteiger partial charge < -0.3 is 21.0 Å². The third-order valence-electron chi connectivity index (χ3n) is 4.15. The lowest BCUT2D eigenvalue weighted by atomic mass is 10.1. The quantitative estimate of drug-likeness (QED) is 0.379. The predicted octanol–water partition coefficient (Wildman–Crippen LogP) is 4.88. The molecule has 5 N–H and O–H groups in total. The molecule has 6 nitrogen and oxygen atoms in total. The Balaban J connectivity index is 0.00000225. The fraction of sp³-hybridized carbons (Fsp3) is 0.273. The van der Waals surface area contributed by atoms with Crippen molar-refractivity contribution in [2.75, 3.05) is 0 Å². The Morgan fingerprint density at radius 1 is 0.833 bits per heavy atom. The molecular weight excluding hydrogens is 423 g/mol. The summed E-state index contributed by atoms with van der Waals surface area (Å²) in [6.07, 6.45) is 0. The fourth-order valence-corrected chi connectivity index (χ4v) is 2.94. The molecule has 2 aromatic carbocycles. The summed E-state index contributed by atoms with van der Waals surface area (Å²) >= 11 is 0. The number of nitrogens with zero attached hydrogens (tertiary/aromatic N) is 2. The minimum atomic E-state index is 0. The molecule has 0 saturated heterocycles. The minimum absolute atomic E-state index is 0. The first-order valence-corrected chi connectivity index (χ1v) is 9.29. The highest BCUT2D eigenvalue weighted by Crippen LogP contribution is 2.34. The third-order valence-corrected chi connectivity index (χ3v) is 4.15. The van der Waals surface area contributed by atoms with Crippen LogP contribution in [0.15, 0.2) is 56.9 Å². The maximum absolute atomic E-state index is 10.4. The lowest BCUT2D eigenvalue weighted by Gasteiger charge is -2.04. The topological polar surface area (TPSA) is 110 Å². The van der Waals surface area contributed by atoms with Crippen LogP contribution in [0.2, 0.25) is 0 Å². The Morgan fingerprint density at radius 2 is 1.37 bits per heavy atom. The normalized spacial score (nSPS) is 12.2. The first-order valence-electron chi connectivity index (χ1n) is 9.29. The van der Waals surface area contributed by atoms with Gasteiger partial charge in [0.2, 0.25) is 0 Å². The van der Waals surface area contributed by atoms with E-state index in [1.807, 2.05) is 64.1 Å². The van der Waals surface area contributed by atoms with E-state index in [4.69, 9.17) is 15.9 Å². The average molecular weight is 451 g/mol. The van der Waals surface area contributed by atoms with E-state index < -0.39 is 0 Å². The van der Waals surface area contributed by atoms with Crippen molar-refractivity contribution in [2.45, 2.75) is 39.8 Å². The number of fused-ring (bicyclic) bond motifs is 1. The van der Waals surface area contributed by atoms with Crippen LogP contribution in [0, 0.1) is 0 Å². The Morgan fingerprint density at radius 3 is 1.90 bits per heavy atom. The number of amidine groups is 2. The second-order valence-corrected chi connectivity index (χ2v) is 7.32. The molecule has 8 heteroatoms. The second-order valence-electron chi connectivity index (χ2n) is 7.32. The maximum Gasteiger partial charge on any atom is 0.176 e. The highest BCUT2D eigenvalue weighted by molar-refractivity contribution is 6.02. The summed E-state index contributed by atoms with van der Waals surface area (Å²) in [4.78, 5) is 8.69. The highest BCUT2D eigenvalue weighted by Gasteiger charge is 2.13. The number of phenolic OH excluding ortho intramolecular Hbond substituents is 1. The zero-order valence-electron chi connectivity index (χ0n) is 17.4. The summed E-state index contributed by atoms with van der Waals surface area (Å²) in [5, 5.41) is 11.1. The number of nitrogens with two attached hydrogens (primary N) is 2. The van der Waals surface area contributed by atoms with Crippen LogP contribution in [0.4, 0.5) is 0 Å². The van der Waals surface area contributed by atoms with E-state index in [2.05, 4.69) is 9.98 Å².